The Kier molecular flexibility index (Phi) is 8.29. The smallest absolute Gasteiger partial charge is 0.258 e. The number of piperazine rings is 1. The van der Waals surface area contributed by atoms with Crippen molar-refractivity contribution in [2.24, 2.45) is 0 Å². The van der Waals surface area contributed by atoms with Gasteiger partial charge in [-0.25, -0.2) is 4.39 Å². The van der Waals surface area contributed by atoms with Crippen LogP contribution in [0.4, 0.5) is 10.1 Å². The van der Waals surface area contributed by atoms with Gasteiger partial charge in [0, 0.05) is 67.0 Å². The number of alkyl halides is 1. The van der Waals surface area contributed by atoms with E-state index in [0.717, 1.165) is 73.4 Å². The fraction of sp³-hybridized carbons (Fsp3) is 0.485. The Morgan fingerprint density at radius 2 is 1.69 bits per heavy atom. The van der Waals surface area contributed by atoms with Crippen molar-refractivity contribution in [1.29, 1.82) is 0 Å². The predicted octanol–water partition coefficient (Wildman–Crippen LogP) is 4.57. The summed E-state index contributed by atoms with van der Waals surface area (Å²) in [6, 6.07) is 13.9. The van der Waals surface area contributed by atoms with Crippen LogP contribution >= 0.6 is 0 Å². The number of imide groups is 1. The number of carbonyl (C=O) groups is 3. The zero-order chi connectivity index (χ0) is 29.2. The Hall–Kier alpha value is -3.72. The Bertz CT molecular complexity index is 1490. The molecule has 42 heavy (non-hydrogen) atoms. The number of carbonyl (C=O) groups excluding carboxylic acids is 3. The summed E-state index contributed by atoms with van der Waals surface area (Å²) in [5, 5.41) is 3.26. The third kappa shape index (κ3) is 5.42. The Morgan fingerprint density at radius 1 is 0.929 bits per heavy atom. The molecule has 3 amide bonds. The van der Waals surface area contributed by atoms with Crippen molar-refractivity contribution in [3.8, 4) is 11.3 Å². The van der Waals surface area contributed by atoms with Gasteiger partial charge >= 0.3 is 0 Å². The second kappa shape index (κ2) is 12.3. The van der Waals surface area contributed by atoms with E-state index < -0.39 is 18.5 Å². The van der Waals surface area contributed by atoms with E-state index in [9.17, 15) is 18.8 Å². The molecule has 0 unspecified atom stereocenters. The SMILES string of the molecule is CCN1CCN(C(=O)CN2CCn3c(c(C4CCCCC4)c4ccc(C(=O)NC(=O)CF)cc43)-c3ccccc32)CC1. The van der Waals surface area contributed by atoms with Gasteiger partial charge in [0.2, 0.25) is 5.91 Å². The normalized spacial score (nSPS) is 18.0. The molecule has 8 nitrogen and oxygen atoms in total. The third-order valence-corrected chi connectivity index (χ3v) is 9.35. The molecule has 2 aromatic carbocycles. The highest BCUT2D eigenvalue weighted by Gasteiger charge is 2.32. The number of likely N-dealkylation sites (N-methyl/N-ethyl adjacent to an activating group) is 1. The topological polar surface area (TPSA) is 77.9 Å². The lowest BCUT2D eigenvalue weighted by Crippen LogP contribution is -2.51. The molecule has 222 valence electrons. The minimum absolute atomic E-state index is 0.154. The van der Waals surface area contributed by atoms with Gasteiger partial charge in [-0.05, 0) is 49.1 Å². The highest BCUT2D eigenvalue weighted by atomic mass is 19.1. The van der Waals surface area contributed by atoms with Gasteiger partial charge in [0.1, 0.15) is 0 Å². The molecule has 1 aromatic heterocycles. The maximum Gasteiger partial charge on any atom is 0.258 e. The van der Waals surface area contributed by atoms with Crippen LogP contribution < -0.4 is 10.2 Å². The number of halogens is 1. The number of benzene rings is 2. The number of aromatic nitrogens is 1. The molecule has 0 atom stereocenters. The summed E-state index contributed by atoms with van der Waals surface area (Å²) in [5.74, 6) is -0.983. The standard InChI is InChI=1S/C33H40FN5O3/c1-2-36-14-16-37(17-15-36)30(41)22-38-18-19-39-28-20-24(33(42)35-29(40)21-34)12-13-25(28)31(23-8-4-3-5-9-23)32(39)26-10-6-7-11-27(26)38/h6-7,10-13,20,23H,2-5,8-9,14-19,21-22H2,1H3,(H,35,40,42). The average Bonchev–Trinajstić information content (AvgIpc) is 3.27. The molecule has 1 aliphatic carbocycles. The van der Waals surface area contributed by atoms with E-state index in [1.54, 1.807) is 6.07 Å². The molecular weight excluding hydrogens is 533 g/mol. The van der Waals surface area contributed by atoms with Gasteiger partial charge in [-0.3, -0.25) is 19.7 Å². The van der Waals surface area contributed by atoms with Gasteiger partial charge in [0.25, 0.3) is 11.8 Å². The summed E-state index contributed by atoms with van der Waals surface area (Å²) in [7, 11) is 0. The number of anilines is 1. The van der Waals surface area contributed by atoms with E-state index in [1.807, 2.05) is 23.1 Å². The van der Waals surface area contributed by atoms with Gasteiger partial charge in [0.05, 0.1) is 12.2 Å². The van der Waals surface area contributed by atoms with Gasteiger partial charge in [-0.1, -0.05) is 50.5 Å². The molecule has 9 heteroatoms. The van der Waals surface area contributed by atoms with Gasteiger partial charge < -0.3 is 19.3 Å². The minimum atomic E-state index is -1.24. The molecule has 6 rings (SSSR count). The van der Waals surface area contributed by atoms with E-state index in [0.29, 0.717) is 31.1 Å². The number of hydrogen-bond donors (Lipinski definition) is 1. The summed E-state index contributed by atoms with van der Waals surface area (Å²) in [5.41, 5.74) is 5.90. The van der Waals surface area contributed by atoms with Crippen LogP contribution in [0.15, 0.2) is 42.5 Å². The largest absolute Gasteiger partial charge is 0.360 e. The van der Waals surface area contributed by atoms with Crippen molar-refractivity contribution in [3.05, 3.63) is 53.6 Å². The van der Waals surface area contributed by atoms with Crippen LogP contribution in [-0.4, -0.2) is 84.6 Å². The highest BCUT2D eigenvalue weighted by molar-refractivity contribution is 6.07. The van der Waals surface area contributed by atoms with Crippen molar-refractivity contribution in [1.82, 2.24) is 19.7 Å². The lowest BCUT2D eigenvalue weighted by molar-refractivity contribution is -0.131. The van der Waals surface area contributed by atoms with E-state index in [4.69, 9.17) is 0 Å². The molecule has 0 radical (unpaired) electrons. The molecule has 3 aromatic rings. The molecule has 2 fully saturated rings. The first-order valence-electron chi connectivity index (χ1n) is 15.4. The Labute approximate surface area is 246 Å². The van der Waals surface area contributed by atoms with E-state index in [1.165, 1.54) is 24.8 Å². The van der Waals surface area contributed by atoms with E-state index in [-0.39, 0.29) is 5.91 Å². The van der Waals surface area contributed by atoms with Gasteiger partial charge in [-0.15, -0.1) is 0 Å². The number of para-hydroxylation sites is 1. The number of nitrogens with one attached hydrogen (secondary N) is 1. The molecule has 1 saturated carbocycles. The fourth-order valence-electron chi connectivity index (χ4n) is 7.11. The van der Waals surface area contributed by atoms with Crippen LogP contribution in [0, 0.1) is 0 Å². The maximum absolute atomic E-state index is 13.5. The van der Waals surface area contributed by atoms with E-state index >= 15 is 0 Å². The van der Waals surface area contributed by atoms with Crippen molar-refractivity contribution in [3.63, 3.8) is 0 Å². The second-order valence-corrected chi connectivity index (χ2v) is 11.7. The summed E-state index contributed by atoms with van der Waals surface area (Å²) >= 11 is 0. The van der Waals surface area contributed by atoms with Crippen LogP contribution in [0.25, 0.3) is 22.2 Å². The van der Waals surface area contributed by atoms with Crippen LogP contribution in [0.3, 0.4) is 0 Å². The molecule has 0 spiro atoms. The Morgan fingerprint density at radius 3 is 2.43 bits per heavy atom. The molecule has 0 bridgehead atoms. The second-order valence-electron chi connectivity index (χ2n) is 11.7. The fourth-order valence-corrected chi connectivity index (χ4v) is 7.11. The van der Waals surface area contributed by atoms with Crippen LogP contribution in [0.5, 0.6) is 0 Å². The van der Waals surface area contributed by atoms with Crippen molar-refractivity contribution in [2.45, 2.75) is 51.5 Å². The monoisotopic (exact) mass is 573 g/mol. The summed E-state index contributed by atoms with van der Waals surface area (Å²) in [6.07, 6.45) is 5.86. The summed E-state index contributed by atoms with van der Waals surface area (Å²) in [6.45, 7) is 6.89. The lowest BCUT2D eigenvalue weighted by Gasteiger charge is -2.35. The molecular formula is C33H40FN5O3. The average molecular weight is 574 g/mol. The number of nitrogens with zero attached hydrogens (tertiary/aromatic N) is 4. The van der Waals surface area contributed by atoms with Crippen molar-refractivity contribution < 1.29 is 18.8 Å². The minimum Gasteiger partial charge on any atom is -0.360 e. The van der Waals surface area contributed by atoms with Crippen molar-refractivity contribution in [2.75, 3.05) is 57.4 Å². The van der Waals surface area contributed by atoms with Gasteiger partial charge in [0.15, 0.2) is 6.67 Å². The molecule has 3 heterocycles. The molecule has 1 N–H and O–H groups in total. The highest BCUT2D eigenvalue weighted by Crippen LogP contribution is 2.47. The zero-order valence-corrected chi connectivity index (χ0v) is 24.4. The molecule has 2 aliphatic heterocycles. The maximum atomic E-state index is 13.5. The van der Waals surface area contributed by atoms with E-state index in [2.05, 4.69) is 44.8 Å². The van der Waals surface area contributed by atoms with Crippen LogP contribution in [-0.2, 0) is 16.1 Å². The first kappa shape index (κ1) is 28.4. The zero-order valence-electron chi connectivity index (χ0n) is 24.4. The number of amides is 3. The summed E-state index contributed by atoms with van der Waals surface area (Å²) < 4.78 is 15.1. The molecule has 1 saturated heterocycles. The van der Waals surface area contributed by atoms with Crippen molar-refractivity contribution >= 4 is 34.3 Å². The van der Waals surface area contributed by atoms with Gasteiger partial charge in [-0.2, -0.15) is 0 Å². The van der Waals surface area contributed by atoms with Crippen LogP contribution in [0.1, 0.15) is 60.9 Å². The summed E-state index contributed by atoms with van der Waals surface area (Å²) in [4.78, 5) is 44.5. The first-order valence-corrected chi connectivity index (χ1v) is 15.4. The molecule has 3 aliphatic rings. The Balaban J connectivity index is 1.40. The quantitative estimate of drug-likeness (QED) is 0.468. The predicted molar refractivity (Wildman–Crippen MR) is 163 cm³/mol. The number of rotatable bonds is 6. The number of hydrogen-bond acceptors (Lipinski definition) is 5. The number of fused-ring (bicyclic) bond motifs is 5. The first-order chi connectivity index (χ1) is 20.5. The van der Waals surface area contributed by atoms with Crippen LogP contribution in [0.2, 0.25) is 0 Å². The third-order valence-electron chi connectivity index (χ3n) is 9.35. The lowest BCUT2D eigenvalue weighted by atomic mass is 9.81.